The zero-order valence-electron chi connectivity index (χ0n) is 18.5. The van der Waals surface area contributed by atoms with Crippen LogP contribution in [-0.4, -0.2) is 24.9 Å². The number of hydrogen-bond donors (Lipinski definition) is 1. The topological polar surface area (TPSA) is 135 Å². The Balaban J connectivity index is 0.00000204. The van der Waals surface area contributed by atoms with Crippen LogP contribution in [0.1, 0.15) is 17.0 Å². The van der Waals surface area contributed by atoms with E-state index in [2.05, 4.69) is 0 Å². The van der Waals surface area contributed by atoms with Crippen molar-refractivity contribution in [1.29, 1.82) is 0 Å². The maximum absolute atomic E-state index is 12.8. The van der Waals surface area contributed by atoms with Gasteiger partial charge in [-0.05, 0) is 32.7 Å². The van der Waals surface area contributed by atoms with Crippen LogP contribution in [0.3, 0.4) is 0 Å². The zero-order chi connectivity index (χ0) is 23.1. The van der Waals surface area contributed by atoms with Gasteiger partial charge in [0, 0.05) is 0 Å². The van der Waals surface area contributed by atoms with Crippen molar-refractivity contribution in [2.45, 2.75) is 10.7 Å². The minimum Gasteiger partial charge on any atom is -0.549 e. The van der Waals surface area contributed by atoms with Crippen molar-refractivity contribution in [1.82, 2.24) is 0 Å². The molecule has 4 rings (SSSR count). The van der Waals surface area contributed by atoms with Crippen LogP contribution >= 0.6 is 0 Å². The van der Waals surface area contributed by atoms with Crippen LogP contribution in [0, 0.1) is 0 Å². The van der Waals surface area contributed by atoms with Crippen molar-refractivity contribution in [3.63, 3.8) is 0 Å². The molecule has 4 aromatic carbocycles. The van der Waals surface area contributed by atoms with Crippen LogP contribution < -0.4 is 69.3 Å². The maximum atomic E-state index is 12.8. The molecule has 0 aromatic heterocycles. The molecule has 0 aliphatic carbocycles. The van der Waals surface area contributed by atoms with Gasteiger partial charge >= 0.3 is 59.1 Å². The van der Waals surface area contributed by atoms with Crippen LogP contribution in [0.15, 0.2) is 84.9 Å². The number of hydrogen-bond acceptors (Lipinski definition) is 6. The second-order valence-electron chi connectivity index (χ2n) is 7.35. The summed E-state index contributed by atoms with van der Waals surface area (Å²) in [5.41, 5.74) is -0.571. The van der Waals surface area contributed by atoms with Gasteiger partial charge in [-0.2, -0.15) is 8.42 Å². The van der Waals surface area contributed by atoms with Gasteiger partial charge in [-0.3, -0.25) is 4.55 Å². The first kappa shape index (κ1) is 28.5. The van der Waals surface area contributed by atoms with Gasteiger partial charge in [0.15, 0.2) is 4.75 Å². The predicted octanol–water partition coefficient (Wildman–Crippen LogP) is -4.63. The molecule has 0 bridgehead atoms. The molecule has 0 fully saturated rings. The van der Waals surface area contributed by atoms with Crippen molar-refractivity contribution in [3.05, 3.63) is 96.1 Å². The van der Waals surface area contributed by atoms with E-state index in [9.17, 15) is 32.8 Å². The zero-order valence-corrected chi connectivity index (χ0v) is 23.3. The van der Waals surface area contributed by atoms with Gasteiger partial charge in [-0.1, -0.05) is 84.9 Å². The summed E-state index contributed by atoms with van der Waals surface area (Å²) in [6.07, 6.45) is 0. The molecule has 7 nitrogen and oxygen atoms in total. The number of carboxylic acid groups (broad SMARTS) is 2. The Morgan fingerprint density at radius 3 is 1.74 bits per heavy atom. The van der Waals surface area contributed by atoms with E-state index < -0.39 is 38.3 Å². The number of rotatable bonds is 6. The third-order valence-corrected chi connectivity index (χ3v) is 7.11. The second kappa shape index (κ2) is 10.9. The van der Waals surface area contributed by atoms with Crippen molar-refractivity contribution in [2.75, 3.05) is 0 Å². The second-order valence-corrected chi connectivity index (χ2v) is 8.94. The van der Waals surface area contributed by atoms with Gasteiger partial charge in [0.1, 0.15) is 0 Å². The molecular weight excluding hydrogens is 478 g/mol. The third-order valence-electron chi connectivity index (χ3n) is 5.68. The molecule has 0 radical (unpaired) electrons. The van der Waals surface area contributed by atoms with Crippen LogP contribution in [-0.2, 0) is 24.5 Å². The Hall–Kier alpha value is -1.75. The quantitative estimate of drug-likeness (QED) is 0.211. The van der Waals surface area contributed by atoms with Gasteiger partial charge < -0.3 is 19.8 Å². The first-order valence-electron chi connectivity index (χ1n) is 9.55. The predicted molar refractivity (Wildman–Crippen MR) is 114 cm³/mol. The van der Waals surface area contributed by atoms with E-state index in [0.29, 0.717) is 16.2 Å². The fourth-order valence-electron chi connectivity index (χ4n) is 4.34. The van der Waals surface area contributed by atoms with Gasteiger partial charge in [0.2, 0.25) is 0 Å². The Bertz CT molecular complexity index is 1480. The molecule has 2 atom stereocenters. The molecular formula is C24H16Na2O7S. The summed E-state index contributed by atoms with van der Waals surface area (Å²) in [6.45, 7) is 0. The van der Waals surface area contributed by atoms with E-state index in [0.717, 1.165) is 6.07 Å². The summed E-state index contributed by atoms with van der Waals surface area (Å²) in [5, 5.41) is 26.6. The Morgan fingerprint density at radius 2 is 1.21 bits per heavy atom. The minimum atomic E-state index is -5.61. The fourth-order valence-corrected chi connectivity index (χ4v) is 5.53. The molecule has 0 amide bonds. The standard InChI is InChI=1S/C24H18O7S.2Na/c25-22(26)21(19-13-5-9-15-7-1-3-11-17(15)19)24(23(27)28,32(29,30)31)20-14-6-10-16-8-2-4-12-18(16)20;;/h1-14,21H,(H,25,26)(H,27,28)(H,29,30,31);;/q;2*+1/p-2. The summed E-state index contributed by atoms with van der Waals surface area (Å²) in [6, 6.07) is 21.3. The molecule has 0 spiro atoms. The summed E-state index contributed by atoms with van der Waals surface area (Å²) in [4.78, 5) is 25.1. The largest absolute Gasteiger partial charge is 1.00 e. The molecule has 0 aliphatic rings. The van der Waals surface area contributed by atoms with E-state index in [1.54, 1.807) is 48.5 Å². The summed E-state index contributed by atoms with van der Waals surface area (Å²) >= 11 is 0. The molecule has 0 saturated heterocycles. The fraction of sp³-hybridized carbons (Fsp3) is 0.0833. The average molecular weight is 494 g/mol. The SMILES string of the molecule is O=C([O-])C(c1cccc2ccccc12)C(C(=O)[O-])(c1cccc2ccccc12)S(=O)(=O)O.[Na+].[Na+]. The van der Waals surface area contributed by atoms with E-state index in [4.69, 9.17) is 0 Å². The maximum Gasteiger partial charge on any atom is 1.00 e. The van der Waals surface area contributed by atoms with Crippen LogP contribution in [0.4, 0.5) is 0 Å². The van der Waals surface area contributed by atoms with Gasteiger partial charge in [-0.15, -0.1) is 0 Å². The molecule has 10 heteroatoms. The number of aliphatic carboxylic acids is 2. The van der Waals surface area contributed by atoms with Crippen molar-refractivity contribution in [2.24, 2.45) is 0 Å². The number of carbonyl (C=O) groups is 2. The first-order chi connectivity index (χ1) is 15.2. The van der Waals surface area contributed by atoms with Crippen molar-refractivity contribution < 1.29 is 91.9 Å². The van der Waals surface area contributed by atoms with Crippen LogP contribution in [0.5, 0.6) is 0 Å². The van der Waals surface area contributed by atoms with E-state index in [1.807, 2.05) is 0 Å². The van der Waals surface area contributed by atoms with Crippen LogP contribution in [0.25, 0.3) is 21.5 Å². The van der Waals surface area contributed by atoms with Crippen LogP contribution in [0.2, 0.25) is 0 Å². The summed E-state index contributed by atoms with van der Waals surface area (Å²) < 4.78 is 32.6. The normalized spacial score (nSPS) is 13.8. The van der Waals surface area contributed by atoms with E-state index in [-0.39, 0.29) is 70.1 Å². The molecule has 0 saturated carbocycles. The third kappa shape index (κ3) is 4.57. The number of fused-ring (bicyclic) bond motifs is 2. The van der Waals surface area contributed by atoms with E-state index in [1.165, 1.54) is 30.3 Å². The van der Waals surface area contributed by atoms with E-state index >= 15 is 0 Å². The van der Waals surface area contributed by atoms with Gasteiger partial charge in [0.05, 0.1) is 17.9 Å². The number of carbonyl (C=O) groups excluding carboxylic acids is 2. The summed E-state index contributed by atoms with van der Waals surface area (Å²) in [5.74, 6) is -6.59. The average Bonchev–Trinajstić information content (AvgIpc) is 2.75. The van der Waals surface area contributed by atoms with Gasteiger partial charge in [-0.25, -0.2) is 0 Å². The number of benzene rings is 4. The Morgan fingerprint density at radius 1 is 0.735 bits per heavy atom. The van der Waals surface area contributed by atoms with Gasteiger partial charge in [0.25, 0.3) is 10.1 Å². The molecule has 2 unspecified atom stereocenters. The molecule has 0 aliphatic heterocycles. The smallest absolute Gasteiger partial charge is 0.549 e. The van der Waals surface area contributed by atoms with Crippen molar-refractivity contribution in [3.8, 4) is 0 Å². The number of carboxylic acids is 2. The Labute approximate surface area is 240 Å². The van der Waals surface area contributed by atoms with Crippen molar-refractivity contribution >= 4 is 43.6 Å². The molecule has 162 valence electrons. The molecule has 4 aromatic rings. The Kier molecular flexibility index (Phi) is 9.12. The first-order valence-corrected chi connectivity index (χ1v) is 11.0. The summed E-state index contributed by atoms with van der Waals surface area (Å²) in [7, 11) is -5.61. The molecule has 1 N–H and O–H groups in total. The molecule has 0 heterocycles. The molecule has 34 heavy (non-hydrogen) atoms. The monoisotopic (exact) mass is 494 g/mol. The minimum absolute atomic E-state index is 0.